The number of amides is 1. The van der Waals surface area contributed by atoms with E-state index in [0.717, 1.165) is 16.3 Å². The third kappa shape index (κ3) is 6.07. The Balaban J connectivity index is 1.37. The molecule has 1 N–H and O–H groups in total. The van der Waals surface area contributed by atoms with Crippen LogP contribution in [-0.4, -0.2) is 31.8 Å². The second kappa shape index (κ2) is 11.7. The first-order chi connectivity index (χ1) is 17.6. The highest BCUT2D eigenvalue weighted by molar-refractivity contribution is 5.92. The summed E-state index contributed by atoms with van der Waals surface area (Å²) in [6.07, 6.45) is 1.71. The zero-order valence-electron chi connectivity index (χ0n) is 20.1. The fourth-order valence-corrected chi connectivity index (χ4v) is 3.70. The second-order valence-electron chi connectivity index (χ2n) is 7.87. The fraction of sp³-hybridized carbons (Fsp3) is 0.138. The zero-order valence-corrected chi connectivity index (χ0v) is 20.1. The van der Waals surface area contributed by atoms with Crippen LogP contribution in [0.1, 0.15) is 28.4 Å². The quantitative estimate of drug-likeness (QED) is 0.154. The van der Waals surface area contributed by atoms with E-state index in [1.807, 2.05) is 49.4 Å². The molecule has 0 bridgehead atoms. The van der Waals surface area contributed by atoms with Gasteiger partial charge in [-0.15, -0.1) is 0 Å². The molecule has 0 saturated carbocycles. The first-order valence-electron chi connectivity index (χ1n) is 11.5. The lowest BCUT2D eigenvalue weighted by atomic mass is 10.0. The molecule has 0 aliphatic rings. The van der Waals surface area contributed by atoms with E-state index < -0.39 is 5.97 Å². The number of carbonyl (C=O) groups is 2. The molecule has 36 heavy (non-hydrogen) atoms. The number of hydrogen-bond donors (Lipinski definition) is 1. The minimum Gasteiger partial charge on any atom is -0.494 e. The minimum atomic E-state index is -0.515. The van der Waals surface area contributed by atoms with Gasteiger partial charge in [0.2, 0.25) is 5.91 Å². The number of nitrogens with zero attached hydrogens (tertiary/aromatic N) is 1. The van der Waals surface area contributed by atoms with Gasteiger partial charge in [0, 0.05) is 0 Å². The van der Waals surface area contributed by atoms with Gasteiger partial charge in [-0.2, -0.15) is 5.10 Å². The lowest BCUT2D eigenvalue weighted by Gasteiger charge is -2.10. The topological polar surface area (TPSA) is 86.2 Å². The van der Waals surface area contributed by atoms with Crippen LogP contribution in [0.4, 0.5) is 0 Å². The van der Waals surface area contributed by atoms with Gasteiger partial charge in [-0.05, 0) is 71.3 Å². The van der Waals surface area contributed by atoms with Crippen LogP contribution in [0.25, 0.3) is 10.8 Å². The van der Waals surface area contributed by atoms with Gasteiger partial charge < -0.3 is 14.2 Å². The van der Waals surface area contributed by atoms with Gasteiger partial charge in [0.05, 0.1) is 31.9 Å². The molecule has 0 unspecified atom stereocenters. The van der Waals surface area contributed by atoms with E-state index in [-0.39, 0.29) is 18.1 Å². The normalized spacial score (nSPS) is 10.8. The minimum absolute atomic E-state index is 0.211. The van der Waals surface area contributed by atoms with Crippen LogP contribution < -0.4 is 19.6 Å². The van der Waals surface area contributed by atoms with Crippen LogP contribution in [0.2, 0.25) is 0 Å². The first kappa shape index (κ1) is 24.5. The number of fused-ring (bicyclic) bond motifs is 1. The Bertz CT molecular complexity index is 1390. The van der Waals surface area contributed by atoms with E-state index in [1.54, 1.807) is 42.5 Å². The Morgan fingerprint density at radius 1 is 0.917 bits per heavy atom. The maximum absolute atomic E-state index is 12.5. The van der Waals surface area contributed by atoms with Crippen molar-refractivity contribution < 1.29 is 23.8 Å². The Morgan fingerprint density at radius 2 is 1.69 bits per heavy atom. The van der Waals surface area contributed by atoms with Crippen molar-refractivity contribution in [1.29, 1.82) is 0 Å². The van der Waals surface area contributed by atoms with Crippen LogP contribution >= 0.6 is 0 Å². The van der Waals surface area contributed by atoms with Gasteiger partial charge in [-0.25, -0.2) is 10.2 Å². The molecule has 0 heterocycles. The maximum Gasteiger partial charge on any atom is 0.343 e. The zero-order chi connectivity index (χ0) is 25.3. The largest absolute Gasteiger partial charge is 0.494 e. The number of benzene rings is 4. The molecule has 7 nitrogen and oxygen atoms in total. The van der Waals surface area contributed by atoms with Gasteiger partial charge in [0.25, 0.3) is 0 Å². The van der Waals surface area contributed by atoms with Crippen LogP contribution in [0, 0.1) is 0 Å². The molecule has 1 amide bonds. The van der Waals surface area contributed by atoms with Crippen molar-refractivity contribution >= 4 is 28.9 Å². The summed E-state index contributed by atoms with van der Waals surface area (Å²) in [5, 5.41) is 6.18. The van der Waals surface area contributed by atoms with Gasteiger partial charge in [0.1, 0.15) is 5.75 Å². The molecule has 4 rings (SSSR count). The molecule has 0 atom stereocenters. The maximum atomic E-state index is 12.5. The molecular formula is C29H26N2O5. The third-order valence-electron chi connectivity index (χ3n) is 5.43. The SMILES string of the molecule is CCOc1ccc(C(=O)Oc2ccc(/C=N/NC(=O)Cc3cccc4ccccc34)cc2OC)cc1. The van der Waals surface area contributed by atoms with E-state index in [9.17, 15) is 9.59 Å². The van der Waals surface area contributed by atoms with Crippen molar-refractivity contribution in [1.82, 2.24) is 5.43 Å². The lowest BCUT2D eigenvalue weighted by Crippen LogP contribution is -2.19. The molecule has 0 saturated heterocycles. The Hall–Kier alpha value is -4.65. The Kier molecular flexibility index (Phi) is 7.93. The van der Waals surface area contributed by atoms with Gasteiger partial charge in [-0.1, -0.05) is 42.5 Å². The number of ether oxygens (including phenoxy) is 3. The number of nitrogens with one attached hydrogen (secondary N) is 1. The standard InChI is InChI=1S/C29H26N2O5/c1-3-35-24-14-12-22(13-15-24)29(33)36-26-16-11-20(17-27(26)34-2)19-30-31-28(32)18-23-9-6-8-21-7-4-5-10-25(21)23/h4-17,19H,3,18H2,1-2H3,(H,31,32)/b30-19+. The lowest BCUT2D eigenvalue weighted by molar-refractivity contribution is -0.120. The molecule has 4 aromatic carbocycles. The molecule has 182 valence electrons. The van der Waals surface area contributed by atoms with Crippen molar-refractivity contribution in [2.24, 2.45) is 5.10 Å². The van der Waals surface area contributed by atoms with Crippen LogP contribution in [-0.2, 0) is 11.2 Å². The molecule has 0 aliphatic carbocycles. The van der Waals surface area contributed by atoms with E-state index in [4.69, 9.17) is 14.2 Å². The smallest absolute Gasteiger partial charge is 0.343 e. The van der Waals surface area contributed by atoms with Crippen molar-refractivity contribution in [3.05, 3.63) is 102 Å². The van der Waals surface area contributed by atoms with Gasteiger partial charge >= 0.3 is 5.97 Å². The van der Waals surface area contributed by atoms with Crippen molar-refractivity contribution in [2.45, 2.75) is 13.3 Å². The Labute approximate surface area is 209 Å². The van der Waals surface area contributed by atoms with Crippen molar-refractivity contribution in [3.8, 4) is 17.2 Å². The Morgan fingerprint density at radius 3 is 2.47 bits per heavy atom. The first-order valence-corrected chi connectivity index (χ1v) is 11.5. The fourth-order valence-electron chi connectivity index (χ4n) is 3.70. The van der Waals surface area contributed by atoms with E-state index >= 15 is 0 Å². The highest BCUT2D eigenvalue weighted by Crippen LogP contribution is 2.28. The predicted octanol–water partition coefficient (Wildman–Crippen LogP) is 5.16. The van der Waals surface area contributed by atoms with Crippen molar-refractivity contribution in [3.63, 3.8) is 0 Å². The van der Waals surface area contributed by atoms with E-state index in [0.29, 0.717) is 29.2 Å². The summed E-state index contributed by atoms with van der Waals surface area (Å²) in [7, 11) is 1.48. The summed E-state index contributed by atoms with van der Waals surface area (Å²) < 4.78 is 16.3. The number of hydrogen-bond acceptors (Lipinski definition) is 6. The monoisotopic (exact) mass is 482 g/mol. The summed E-state index contributed by atoms with van der Waals surface area (Å²) >= 11 is 0. The highest BCUT2D eigenvalue weighted by atomic mass is 16.6. The van der Waals surface area contributed by atoms with Gasteiger partial charge in [0.15, 0.2) is 11.5 Å². The van der Waals surface area contributed by atoms with Crippen LogP contribution in [0.5, 0.6) is 17.2 Å². The number of rotatable bonds is 9. The van der Waals surface area contributed by atoms with E-state index in [2.05, 4.69) is 10.5 Å². The molecule has 0 spiro atoms. The highest BCUT2D eigenvalue weighted by Gasteiger charge is 2.13. The van der Waals surface area contributed by atoms with Crippen LogP contribution in [0.3, 0.4) is 0 Å². The number of esters is 1. The van der Waals surface area contributed by atoms with Crippen LogP contribution in [0.15, 0.2) is 90.0 Å². The number of hydrazone groups is 1. The second-order valence-corrected chi connectivity index (χ2v) is 7.87. The molecule has 7 heteroatoms. The number of carbonyl (C=O) groups excluding carboxylic acids is 2. The van der Waals surface area contributed by atoms with Crippen molar-refractivity contribution in [2.75, 3.05) is 13.7 Å². The third-order valence-corrected chi connectivity index (χ3v) is 5.43. The van der Waals surface area contributed by atoms with E-state index in [1.165, 1.54) is 13.3 Å². The average Bonchev–Trinajstić information content (AvgIpc) is 2.90. The molecule has 0 aliphatic heterocycles. The van der Waals surface area contributed by atoms with Gasteiger partial charge in [-0.3, -0.25) is 4.79 Å². The summed E-state index contributed by atoms with van der Waals surface area (Å²) in [6, 6.07) is 25.5. The number of methoxy groups -OCH3 is 1. The molecule has 0 aromatic heterocycles. The molecular weight excluding hydrogens is 456 g/mol. The summed E-state index contributed by atoms with van der Waals surface area (Å²) in [6.45, 7) is 2.44. The molecule has 4 aromatic rings. The average molecular weight is 483 g/mol. The summed E-state index contributed by atoms with van der Waals surface area (Å²) in [5.41, 5.74) is 4.54. The molecule has 0 radical (unpaired) electrons. The summed E-state index contributed by atoms with van der Waals surface area (Å²) in [4.78, 5) is 24.9. The summed E-state index contributed by atoms with van der Waals surface area (Å²) in [5.74, 6) is 0.572. The molecule has 0 fully saturated rings. The predicted molar refractivity (Wildman–Crippen MR) is 139 cm³/mol.